The molecule has 4 aliphatic heterocycles. The number of methoxy groups -OCH3 is 1. The summed E-state index contributed by atoms with van der Waals surface area (Å²) in [6.45, 7) is 19.7. The summed E-state index contributed by atoms with van der Waals surface area (Å²) in [5.74, 6) is -14.5. The van der Waals surface area contributed by atoms with Crippen LogP contribution in [-0.4, -0.2) is 112 Å². The molecule has 17 nitrogen and oxygen atoms in total. The number of imidazole rings is 3. The van der Waals surface area contributed by atoms with Crippen LogP contribution in [0.15, 0.2) is 157 Å². The SMILES string of the molecule is CCC(Br)c1cc(F)c(F)c(F)c1.CCC(c1cc(F)c(F)c(F)c1)N1CCC/C(=C\c2ccc(-n3cnc(C)c3)c(C)c2)C1=O.CCC(c1cc(F)c(F)c(F)c1)N1CCCC(=C\c2ccc(-n3cnc(C)c3)c(C)c2)/C1=N/O.CCC(c1cc(F)c(F)c(F)c1)N1CCCCC1=O.COc1cc(C=O)ccc1-n1cnc(C)c1.O=C1CCCCN1. The molecule has 0 saturated carbocycles. The lowest BCUT2D eigenvalue weighted by molar-refractivity contribution is -0.136. The minimum absolute atomic E-state index is 0.0109. The lowest BCUT2D eigenvalue weighted by atomic mass is 9.94. The van der Waals surface area contributed by atoms with Crippen molar-refractivity contribution in [2.24, 2.45) is 5.16 Å². The van der Waals surface area contributed by atoms with E-state index in [1.807, 2.05) is 154 Å². The van der Waals surface area contributed by atoms with E-state index in [4.69, 9.17) is 4.74 Å². The number of piperidine rings is 4. The first kappa shape index (κ1) is 94.3. The molecule has 122 heavy (non-hydrogen) atoms. The monoisotopic (exact) mass is 1760 g/mol. The second-order valence-electron chi connectivity index (χ2n) is 29.8. The summed E-state index contributed by atoms with van der Waals surface area (Å²) in [6.07, 6.45) is 25.9. The minimum Gasteiger partial charge on any atom is -0.495 e. The Kier molecular flexibility index (Phi) is 34.2. The largest absolute Gasteiger partial charge is 0.495 e. The van der Waals surface area contributed by atoms with Gasteiger partial charge in [-0.25, -0.2) is 67.6 Å². The molecule has 7 heterocycles. The van der Waals surface area contributed by atoms with E-state index in [0.717, 1.165) is 168 Å². The summed E-state index contributed by atoms with van der Waals surface area (Å²) in [6, 6.07) is 23.9. The molecule has 4 fully saturated rings. The van der Waals surface area contributed by atoms with E-state index < -0.39 is 87.9 Å². The number of likely N-dealkylation sites (tertiary alicyclic amines) is 3. The molecule has 4 atom stereocenters. The highest BCUT2D eigenvalue weighted by atomic mass is 79.9. The first-order valence-electron chi connectivity index (χ1n) is 40.2. The fourth-order valence-electron chi connectivity index (χ4n) is 14.9. The first-order valence-corrected chi connectivity index (χ1v) is 41.1. The molecular formula is C92H98BrF12N11O6. The number of alkyl halides is 1. The van der Waals surface area contributed by atoms with Gasteiger partial charge in [0.25, 0.3) is 0 Å². The number of halogens is 13. The van der Waals surface area contributed by atoms with E-state index in [0.29, 0.717) is 104 Å². The van der Waals surface area contributed by atoms with Gasteiger partial charge in [-0.3, -0.25) is 19.2 Å². The molecule has 0 aliphatic carbocycles. The maximum Gasteiger partial charge on any atom is 0.250 e. The molecule has 14 rings (SSSR count). The van der Waals surface area contributed by atoms with Crippen LogP contribution in [0.2, 0.25) is 0 Å². The fourth-order valence-corrected chi connectivity index (χ4v) is 15.2. The molecule has 3 amide bonds. The average molecular weight is 1760 g/mol. The van der Waals surface area contributed by atoms with Crippen molar-refractivity contribution in [3.8, 4) is 22.8 Å². The molecule has 4 unspecified atom stereocenters. The van der Waals surface area contributed by atoms with Crippen molar-refractivity contribution in [1.29, 1.82) is 0 Å². The Morgan fingerprint density at radius 3 is 1.21 bits per heavy atom. The second kappa shape index (κ2) is 44.3. The first-order chi connectivity index (χ1) is 58.3. The second-order valence-corrected chi connectivity index (χ2v) is 30.9. The van der Waals surface area contributed by atoms with Crippen LogP contribution in [0.4, 0.5) is 52.7 Å². The quantitative estimate of drug-likeness (QED) is 0.0159. The predicted molar refractivity (Wildman–Crippen MR) is 447 cm³/mol. The average Bonchev–Trinajstić information content (AvgIpc) is 1.30. The number of nitrogens with one attached hydrogen (secondary N) is 1. The van der Waals surface area contributed by atoms with Gasteiger partial charge in [-0.05, 0) is 265 Å². The molecule has 4 aliphatic rings. The number of carbonyl (C=O) groups is 4. The van der Waals surface area contributed by atoms with Crippen LogP contribution in [-0.2, 0) is 14.4 Å². The molecular weight excluding hydrogens is 1660 g/mol. The number of nitrogens with zero attached hydrogens (tertiary/aromatic N) is 10. The maximum atomic E-state index is 13.9. The molecule has 0 spiro atoms. The molecule has 3 aromatic heterocycles. The zero-order valence-corrected chi connectivity index (χ0v) is 71.0. The Balaban J connectivity index is 0.000000177. The van der Waals surface area contributed by atoms with Crippen molar-refractivity contribution in [2.45, 2.75) is 175 Å². The Hall–Kier alpha value is -11.6. The van der Waals surface area contributed by atoms with Gasteiger partial charge in [-0.15, -0.1) is 0 Å². The van der Waals surface area contributed by atoms with Gasteiger partial charge in [-0.2, -0.15) is 0 Å². The number of amides is 3. The van der Waals surface area contributed by atoms with Gasteiger partial charge >= 0.3 is 0 Å². The number of aromatic nitrogens is 6. The summed E-state index contributed by atoms with van der Waals surface area (Å²) >= 11 is 3.22. The number of hydrogen-bond acceptors (Lipinski definition) is 10. The lowest BCUT2D eigenvalue weighted by Gasteiger charge is -2.37. The van der Waals surface area contributed by atoms with Crippen molar-refractivity contribution >= 4 is 57.9 Å². The van der Waals surface area contributed by atoms with Crippen molar-refractivity contribution in [3.63, 3.8) is 0 Å². The van der Waals surface area contributed by atoms with Crippen LogP contribution in [0.3, 0.4) is 0 Å². The topological polar surface area (TPSA) is 185 Å². The lowest BCUT2D eigenvalue weighted by Crippen LogP contribution is -2.40. The number of oxime groups is 1. The Bertz CT molecular complexity index is 5340. The number of hydrogen-bond donors (Lipinski definition) is 2. The number of carbonyl (C=O) groups excluding carboxylic acids is 4. The van der Waals surface area contributed by atoms with Crippen LogP contribution >= 0.6 is 15.9 Å². The number of ether oxygens (including phenoxy) is 1. The normalized spacial score (nSPS) is 16.0. The van der Waals surface area contributed by atoms with Crippen LogP contribution in [0, 0.1) is 104 Å². The summed E-state index contributed by atoms with van der Waals surface area (Å²) < 4.78 is 171. The third kappa shape index (κ3) is 24.2. The summed E-state index contributed by atoms with van der Waals surface area (Å²) in [4.78, 5) is 63.8. The number of aryl methyl sites for hydroxylation is 5. The van der Waals surface area contributed by atoms with Crippen LogP contribution in [0.1, 0.15) is 212 Å². The van der Waals surface area contributed by atoms with E-state index in [1.54, 1.807) is 48.0 Å². The molecule has 30 heteroatoms. The minimum atomic E-state index is -1.50. The van der Waals surface area contributed by atoms with Crippen molar-refractivity contribution in [3.05, 3.63) is 289 Å². The molecule has 4 saturated heterocycles. The van der Waals surface area contributed by atoms with E-state index in [2.05, 4.69) is 41.4 Å². The highest BCUT2D eigenvalue weighted by Gasteiger charge is 2.34. The van der Waals surface area contributed by atoms with Gasteiger partial charge < -0.3 is 43.7 Å². The van der Waals surface area contributed by atoms with Crippen molar-refractivity contribution < 1.29 is 81.8 Å². The molecule has 0 radical (unpaired) electrons. The standard InChI is InChI=1S/C26H27F3N4O.C26H26F3N3O.C14H16F3NO.C12H12N2O2.C9H8BrF3.C5H9NO/c1-4-23(20-12-21(27)25(29)22(28)13-20)33-9-5-6-19(26(33)31-34)11-18-7-8-24(16(2)10-18)32-14-17(3)30-15-32;1-4-23(20-12-21(27)25(29)22(28)13-20)32-9-5-6-19(26(32)33)11-18-7-8-24(16(2)10-18)31-14-17(3)30-15-31;1-2-12(18-6-4-3-5-13(18)19)9-7-10(15)14(17)11(16)8-9;1-9-6-14(8-13-9)11-4-3-10(7-15)5-12(11)16-2;1-2-6(10)5-3-7(11)9(13)8(12)4-5;7-5-3-1-2-4-6-5/h7-8,10-15,23,34H,4-6,9H2,1-3H3;7-8,10-15,23H,4-6,9H2,1-3H3;7-8,12H,2-6H2,1H3;3-8H,1-2H3;3-4,6H,2H2,1H3;1-4H2,(H,6,7)/b19-11+,31-26-;19-11+;;;;. The molecule has 2 N–H and O–H groups in total. The molecule has 7 aromatic carbocycles. The van der Waals surface area contributed by atoms with Gasteiger partial charge in [0.2, 0.25) is 17.7 Å². The Morgan fingerprint density at radius 2 is 0.844 bits per heavy atom. The van der Waals surface area contributed by atoms with Crippen molar-refractivity contribution in [2.75, 3.05) is 33.3 Å². The van der Waals surface area contributed by atoms with Gasteiger partial charge in [-0.1, -0.05) is 60.9 Å². The van der Waals surface area contributed by atoms with Crippen LogP contribution in [0.5, 0.6) is 5.75 Å². The molecule has 10 aromatic rings. The number of benzene rings is 7. The van der Waals surface area contributed by atoms with E-state index >= 15 is 0 Å². The third-order valence-electron chi connectivity index (χ3n) is 21.0. The Morgan fingerprint density at radius 1 is 0.459 bits per heavy atom. The maximum absolute atomic E-state index is 13.9. The van der Waals surface area contributed by atoms with Crippen molar-refractivity contribution in [1.82, 2.24) is 48.7 Å². The smallest absolute Gasteiger partial charge is 0.250 e. The summed E-state index contributed by atoms with van der Waals surface area (Å²) in [7, 11) is 1.58. The van der Waals surface area contributed by atoms with E-state index in [9.17, 15) is 77.1 Å². The Labute approximate surface area is 710 Å². The molecule has 648 valence electrons. The highest BCUT2D eigenvalue weighted by molar-refractivity contribution is 9.09. The summed E-state index contributed by atoms with van der Waals surface area (Å²) in [5.41, 5.74) is 13.0. The predicted octanol–water partition coefficient (Wildman–Crippen LogP) is 22.2. The summed E-state index contributed by atoms with van der Waals surface area (Å²) in [5, 5.41) is 16.2. The van der Waals surface area contributed by atoms with Gasteiger partial charge in [0, 0.05) is 84.9 Å². The zero-order valence-electron chi connectivity index (χ0n) is 69.4. The molecule has 0 bridgehead atoms. The fraction of sp³-hybridized carbons (Fsp3) is 0.348. The number of amidine groups is 1. The van der Waals surface area contributed by atoms with Crippen LogP contribution < -0.4 is 10.1 Å². The van der Waals surface area contributed by atoms with E-state index in [1.165, 1.54) is 0 Å². The van der Waals surface area contributed by atoms with Gasteiger partial charge in [0.05, 0.1) is 67.0 Å². The number of rotatable bonds is 18. The van der Waals surface area contributed by atoms with E-state index in [-0.39, 0.29) is 28.1 Å². The zero-order chi connectivity index (χ0) is 88.8. The van der Waals surface area contributed by atoms with Crippen LogP contribution in [0.25, 0.3) is 29.2 Å². The highest BCUT2D eigenvalue weighted by Crippen LogP contribution is 2.38. The third-order valence-corrected chi connectivity index (χ3v) is 22.2. The van der Waals surface area contributed by atoms with Gasteiger partial charge in [0.1, 0.15) is 12.0 Å². The van der Waals surface area contributed by atoms with Gasteiger partial charge in [0.15, 0.2) is 75.6 Å². The number of aldehydes is 1.